The monoisotopic (exact) mass is 326 g/mol. The average molecular weight is 326 g/mol. The van der Waals surface area contributed by atoms with E-state index < -0.39 is 0 Å². The van der Waals surface area contributed by atoms with Crippen molar-refractivity contribution < 1.29 is 4.79 Å². The Hall–Kier alpha value is -2.14. The lowest BCUT2D eigenvalue weighted by Gasteiger charge is -2.35. The summed E-state index contributed by atoms with van der Waals surface area (Å²) in [5, 5.41) is 4.01. The number of carbonyl (C=O) groups is 1. The van der Waals surface area contributed by atoms with Gasteiger partial charge in [0.05, 0.1) is 5.52 Å². The molecule has 2 aromatic rings. The average Bonchev–Trinajstić information content (AvgIpc) is 2.62. The van der Waals surface area contributed by atoms with Crippen molar-refractivity contribution in [3.05, 3.63) is 29.8 Å². The molecule has 5 nitrogen and oxygen atoms in total. The van der Waals surface area contributed by atoms with Gasteiger partial charge in [-0.25, -0.2) is 4.98 Å². The molecular formula is C19H26N4O. The molecule has 2 heterocycles. The van der Waals surface area contributed by atoms with Gasteiger partial charge >= 0.3 is 0 Å². The molecular weight excluding hydrogens is 300 g/mol. The summed E-state index contributed by atoms with van der Waals surface area (Å²) in [6, 6.07) is 8.11. The number of aryl methyl sites for hydroxylation is 1. The minimum absolute atomic E-state index is 0.0328. The van der Waals surface area contributed by atoms with Crippen LogP contribution in [-0.4, -0.2) is 48.5 Å². The molecule has 3 rings (SSSR count). The third kappa shape index (κ3) is 3.51. The maximum atomic E-state index is 11.6. The van der Waals surface area contributed by atoms with Crippen LogP contribution >= 0.6 is 0 Å². The lowest BCUT2D eigenvalue weighted by atomic mass is 10.1. The van der Waals surface area contributed by atoms with Crippen molar-refractivity contribution in [2.24, 2.45) is 0 Å². The van der Waals surface area contributed by atoms with Gasteiger partial charge in [0.25, 0.3) is 0 Å². The van der Waals surface area contributed by atoms with E-state index in [0.717, 1.165) is 55.1 Å². The van der Waals surface area contributed by atoms with E-state index in [1.807, 2.05) is 25.1 Å². The number of fused-ring (bicyclic) bond motifs is 1. The van der Waals surface area contributed by atoms with Gasteiger partial charge in [-0.05, 0) is 43.3 Å². The highest BCUT2D eigenvalue weighted by Crippen LogP contribution is 2.26. The van der Waals surface area contributed by atoms with Crippen molar-refractivity contribution in [2.45, 2.75) is 27.2 Å². The molecule has 128 valence electrons. The summed E-state index contributed by atoms with van der Waals surface area (Å²) < 4.78 is 0. The van der Waals surface area contributed by atoms with Crippen molar-refractivity contribution in [3.8, 4) is 0 Å². The lowest BCUT2D eigenvalue weighted by Crippen LogP contribution is -2.46. The van der Waals surface area contributed by atoms with Crippen LogP contribution in [0.15, 0.2) is 24.3 Å². The van der Waals surface area contributed by atoms with Crippen LogP contribution in [0.4, 0.5) is 11.5 Å². The van der Waals surface area contributed by atoms with E-state index in [-0.39, 0.29) is 5.91 Å². The normalized spacial score (nSPS) is 15.7. The fraction of sp³-hybridized carbons (Fsp3) is 0.474. The first-order valence-corrected chi connectivity index (χ1v) is 8.79. The molecule has 1 aliphatic rings. The molecule has 1 aromatic carbocycles. The zero-order chi connectivity index (χ0) is 17.1. The topological polar surface area (TPSA) is 48.5 Å². The Morgan fingerprint density at radius 3 is 2.58 bits per heavy atom. The van der Waals surface area contributed by atoms with Crippen molar-refractivity contribution in [1.29, 1.82) is 0 Å². The highest BCUT2D eigenvalue weighted by Gasteiger charge is 2.17. The molecule has 1 aromatic heterocycles. The maximum Gasteiger partial charge on any atom is 0.224 e. The number of rotatable bonds is 4. The Bertz CT molecular complexity index is 735. The Kier molecular flexibility index (Phi) is 5.00. The van der Waals surface area contributed by atoms with Gasteiger partial charge in [0.2, 0.25) is 5.91 Å². The molecule has 0 spiro atoms. The van der Waals surface area contributed by atoms with Gasteiger partial charge in [0.1, 0.15) is 5.82 Å². The molecule has 1 aliphatic heterocycles. The van der Waals surface area contributed by atoms with E-state index in [2.05, 4.69) is 35.0 Å². The second-order valence-corrected chi connectivity index (χ2v) is 6.35. The third-order valence-electron chi connectivity index (χ3n) is 4.75. The smallest absolute Gasteiger partial charge is 0.224 e. The molecule has 1 saturated heterocycles. The van der Waals surface area contributed by atoms with Crippen molar-refractivity contribution in [2.75, 3.05) is 42.9 Å². The summed E-state index contributed by atoms with van der Waals surface area (Å²) >= 11 is 0. The molecule has 24 heavy (non-hydrogen) atoms. The maximum absolute atomic E-state index is 11.6. The molecule has 0 atom stereocenters. The molecule has 0 unspecified atom stereocenters. The first kappa shape index (κ1) is 16.7. The second-order valence-electron chi connectivity index (χ2n) is 6.35. The number of benzene rings is 1. The molecule has 0 bridgehead atoms. The van der Waals surface area contributed by atoms with Crippen LogP contribution in [0.5, 0.6) is 0 Å². The second kappa shape index (κ2) is 7.18. The first-order valence-electron chi connectivity index (χ1n) is 8.79. The largest absolute Gasteiger partial charge is 0.354 e. The van der Waals surface area contributed by atoms with Gasteiger partial charge < -0.3 is 15.1 Å². The fourth-order valence-corrected chi connectivity index (χ4v) is 3.16. The summed E-state index contributed by atoms with van der Waals surface area (Å²) in [5.74, 6) is 1.09. The van der Waals surface area contributed by atoms with Crippen molar-refractivity contribution >= 4 is 28.3 Å². The summed E-state index contributed by atoms with van der Waals surface area (Å²) in [4.78, 5) is 21.3. The number of nitrogens with one attached hydrogen (secondary N) is 1. The number of aromatic nitrogens is 1. The minimum atomic E-state index is 0.0328. The number of hydrogen-bond acceptors (Lipinski definition) is 4. The Labute approximate surface area is 143 Å². The van der Waals surface area contributed by atoms with Crippen LogP contribution in [0, 0.1) is 6.92 Å². The van der Waals surface area contributed by atoms with Crippen LogP contribution < -0.4 is 10.2 Å². The predicted octanol–water partition coefficient (Wildman–Crippen LogP) is 3.03. The van der Waals surface area contributed by atoms with Gasteiger partial charge in [-0.15, -0.1) is 0 Å². The quantitative estimate of drug-likeness (QED) is 0.938. The number of likely N-dealkylation sites (N-methyl/N-ethyl adjacent to an activating group) is 1. The van der Waals surface area contributed by atoms with E-state index in [0.29, 0.717) is 6.42 Å². The lowest BCUT2D eigenvalue weighted by molar-refractivity contribution is -0.115. The Morgan fingerprint density at radius 2 is 1.92 bits per heavy atom. The molecule has 0 aliphatic carbocycles. The van der Waals surface area contributed by atoms with E-state index >= 15 is 0 Å². The van der Waals surface area contributed by atoms with Crippen LogP contribution in [0.2, 0.25) is 0 Å². The summed E-state index contributed by atoms with van der Waals surface area (Å²) in [6.45, 7) is 11.5. The van der Waals surface area contributed by atoms with Crippen molar-refractivity contribution in [1.82, 2.24) is 9.88 Å². The highest BCUT2D eigenvalue weighted by atomic mass is 16.1. The number of anilines is 2. The van der Waals surface area contributed by atoms with Crippen LogP contribution in [-0.2, 0) is 4.79 Å². The molecule has 1 N–H and O–H groups in total. The van der Waals surface area contributed by atoms with Gasteiger partial charge in [0, 0.05) is 43.7 Å². The van der Waals surface area contributed by atoms with E-state index in [1.165, 1.54) is 5.56 Å². The summed E-state index contributed by atoms with van der Waals surface area (Å²) in [7, 11) is 0. The van der Waals surface area contributed by atoms with Gasteiger partial charge in [-0.2, -0.15) is 0 Å². The highest BCUT2D eigenvalue weighted by molar-refractivity contribution is 5.94. The van der Waals surface area contributed by atoms with E-state index in [9.17, 15) is 4.79 Å². The molecule has 1 fully saturated rings. The van der Waals surface area contributed by atoms with Gasteiger partial charge in [-0.1, -0.05) is 13.8 Å². The first-order chi connectivity index (χ1) is 11.6. The number of carbonyl (C=O) groups excluding carboxylic acids is 1. The Balaban J connectivity index is 1.85. The minimum Gasteiger partial charge on any atom is -0.354 e. The standard InChI is InChI=1S/C19H26N4O/c1-4-19(24)20-15-6-7-17-16(13-15)14(3)12-18(21-17)23-10-8-22(5-2)9-11-23/h6-7,12-13H,4-5,8-11H2,1-3H3,(H,20,24). The SMILES string of the molecule is CCC(=O)Nc1ccc2nc(N3CCN(CC)CC3)cc(C)c2c1. The van der Waals surface area contributed by atoms with Crippen LogP contribution in [0.25, 0.3) is 10.9 Å². The summed E-state index contributed by atoms with van der Waals surface area (Å²) in [6.07, 6.45) is 0.484. The predicted molar refractivity (Wildman–Crippen MR) is 99.7 cm³/mol. The fourth-order valence-electron chi connectivity index (χ4n) is 3.16. The summed E-state index contributed by atoms with van der Waals surface area (Å²) in [5.41, 5.74) is 3.02. The van der Waals surface area contributed by atoms with Crippen molar-refractivity contribution in [3.63, 3.8) is 0 Å². The molecule has 1 amide bonds. The van der Waals surface area contributed by atoms with Gasteiger partial charge in [0.15, 0.2) is 0 Å². The number of amides is 1. The zero-order valence-corrected chi connectivity index (χ0v) is 14.8. The Morgan fingerprint density at radius 1 is 1.17 bits per heavy atom. The number of pyridine rings is 1. The number of nitrogens with zero attached hydrogens (tertiary/aromatic N) is 3. The number of hydrogen-bond donors (Lipinski definition) is 1. The van der Waals surface area contributed by atoms with Crippen LogP contribution in [0.1, 0.15) is 25.8 Å². The molecule has 0 radical (unpaired) electrons. The third-order valence-corrected chi connectivity index (χ3v) is 4.75. The molecule has 5 heteroatoms. The van der Waals surface area contributed by atoms with E-state index in [1.54, 1.807) is 0 Å². The molecule has 0 saturated carbocycles. The van der Waals surface area contributed by atoms with Crippen LogP contribution in [0.3, 0.4) is 0 Å². The zero-order valence-electron chi connectivity index (χ0n) is 14.8. The number of piperazine rings is 1. The van der Waals surface area contributed by atoms with E-state index in [4.69, 9.17) is 4.98 Å². The van der Waals surface area contributed by atoms with Gasteiger partial charge in [-0.3, -0.25) is 4.79 Å².